The van der Waals surface area contributed by atoms with E-state index in [1.807, 2.05) is 24.3 Å². The number of nitrogens with one attached hydrogen (secondary N) is 1. The number of phenolic OH excluding ortho intramolecular Hbond substituents is 1. The third-order valence-electron chi connectivity index (χ3n) is 4.90. The molecule has 158 valence electrons. The Bertz CT molecular complexity index is 1070. The number of ketones is 1. The molecule has 3 rings (SSSR count). The van der Waals surface area contributed by atoms with E-state index < -0.39 is 5.91 Å². The summed E-state index contributed by atoms with van der Waals surface area (Å²) in [5.41, 5.74) is 3.36. The van der Waals surface area contributed by atoms with E-state index in [9.17, 15) is 14.7 Å². The fourth-order valence-electron chi connectivity index (χ4n) is 3.15. The molecular formula is C26H26N2O3. The zero-order valence-corrected chi connectivity index (χ0v) is 17.7. The Morgan fingerprint density at radius 1 is 0.968 bits per heavy atom. The highest BCUT2D eigenvalue weighted by atomic mass is 16.3. The molecule has 0 saturated heterocycles. The fourth-order valence-corrected chi connectivity index (χ4v) is 3.15. The Kier molecular flexibility index (Phi) is 7.22. The zero-order chi connectivity index (χ0) is 22.2. The monoisotopic (exact) mass is 414 g/mol. The lowest BCUT2D eigenvalue weighted by atomic mass is 10.1. The van der Waals surface area contributed by atoms with E-state index in [0.29, 0.717) is 11.3 Å². The topological polar surface area (TPSA) is 69.6 Å². The number of phenols is 1. The maximum absolute atomic E-state index is 12.5. The Morgan fingerprint density at radius 3 is 2.29 bits per heavy atom. The Balaban J connectivity index is 1.61. The number of benzene rings is 3. The van der Waals surface area contributed by atoms with Crippen molar-refractivity contribution in [2.24, 2.45) is 0 Å². The lowest BCUT2D eigenvalue weighted by Crippen LogP contribution is -2.17. The maximum atomic E-state index is 12.5. The van der Waals surface area contributed by atoms with E-state index in [0.717, 1.165) is 24.2 Å². The van der Waals surface area contributed by atoms with Gasteiger partial charge in [-0.3, -0.25) is 9.59 Å². The van der Waals surface area contributed by atoms with Crippen LogP contribution in [-0.2, 0) is 0 Å². The smallest absolute Gasteiger partial charge is 0.259 e. The molecule has 5 heteroatoms. The quantitative estimate of drug-likeness (QED) is 0.383. The van der Waals surface area contributed by atoms with Gasteiger partial charge in [-0.1, -0.05) is 37.3 Å². The molecular weight excluding hydrogens is 388 g/mol. The number of para-hydroxylation sites is 1. The number of allylic oxidation sites excluding steroid dienone is 1. The number of nitrogens with zero attached hydrogens (tertiary/aromatic N) is 1. The van der Waals surface area contributed by atoms with E-state index in [1.54, 1.807) is 54.6 Å². The third kappa shape index (κ3) is 5.82. The van der Waals surface area contributed by atoms with Crippen LogP contribution in [0.15, 0.2) is 78.9 Å². The molecule has 3 aromatic carbocycles. The number of hydrogen-bond donors (Lipinski definition) is 2. The molecule has 0 radical (unpaired) electrons. The molecule has 0 atom stereocenters. The van der Waals surface area contributed by atoms with Crippen LogP contribution >= 0.6 is 0 Å². The minimum atomic E-state index is -0.412. The second-order valence-electron chi connectivity index (χ2n) is 7.26. The number of aromatic hydroxyl groups is 1. The Labute approximate surface area is 182 Å². The summed E-state index contributed by atoms with van der Waals surface area (Å²) in [6.45, 7) is 3.14. The molecule has 0 fully saturated rings. The molecule has 0 aliphatic carbocycles. The molecule has 2 N–H and O–H groups in total. The van der Waals surface area contributed by atoms with Gasteiger partial charge < -0.3 is 15.3 Å². The SMILES string of the molecule is CCCN(C)c1ccc(/C=C/C(=O)c2ccc(NC(=O)c3ccccc3O)cc2)cc1. The minimum Gasteiger partial charge on any atom is -0.507 e. The normalized spacial score (nSPS) is 10.8. The van der Waals surface area contributed by atoms with Gasteiger partial charge in [-0.05, 0) is 66.6 Å². The van der Waals surface area contributed by atoms with Gasteiger partial charge in [0.05, 0.1) is 5.56 Å². The first kappa shape index (κ1) is 21.8. The first-order chi connectivity index (χ1) is 15.0. The summed E-state index contributed by atoms with van der Waals surface area (Å²) >= 11 is 0. The van der Waals surface area contributed by atoms with Gasteiger partial charge in [-0.2, -0.15) is 0 Å². The predicted octanol–water partition coefficient (Wildman–Crippen LogP) is 5.39. The molecule has 0 spiro atoms. The van der Waals surface area contributed by atoms with Crippen LogP contribution in [0, 0.1) is 0 Å². The molecule has 0 heterocycles. The lowest BCUT2D eigenvalue weighted by Gasteiger charge is -2.18. The van der Waals surface area contributed by atoms with Crippen LogP contribution in [0.3, 0.4) is 0 Å². The van der Waals surface area contributed by atoms with Gasteiger partial charge in [-0.25, -0.2) is 0 Å². The summed E-state index contributed by atoms with van der Waals surface area (Å²) in [6, 6.07) is 21.1. The molecule has 5 nitrogen and oxygen atoms in total. The molecule has 0 aliphatic heterocycles. The van der Waals surface area contributed by atoms with E-state index in [-0.39, 0.29) is 17.1 Å². The zero-order valence-electron chi connectivity index (χ0n) is 17.7. The van der Waals surface area contributed by atoms with Gasteiger partial charge in [0.25, 0.3) is 5.91 Å². The van der Waals surface area contributed by atoms with Crippen molar-refractivity contribution in [2.45, 2.75) is 13.3 Å². The average molecular weight is 415 g/mol. The van der Waals surface area contributed by atoms with Crippen molar-refractivity contribution in [3.8, 4) is 5.75 Å². The summed E-state index contributed by atoms with van der Waals surface area (Å²) in [7, 11) is 2.06. The summed E-state index contributed by atoms with van der Waals surface area (Å²) < 4.78 is 0. The van der Waals surface area contributed by atoms with Crippen LogP contribution < -0.4 is 10.2 Å². The van der Waals surface area contributed by atoms with Crippen molar-refractivity contribution in [3.05, 3.63) is 95.6 Å². The first-order valence-corrected chi connectivity index (χ1v) is 10.2. The van der Waals surface area contributed by atoms with Crippen molar-refractivity contribution in [1.82, 2.24) is 0 Å². The maximum Gasteiger partial charge on any atom is 0.259 e. The van der Waals surface area contributed by atoms with Gasteiger partial charge in [0.1, 0.15) is 5.75 Å². The Morgan fingerprint density at radius 2 is 1.65 bits per heavy atom. The van der Waals surface area contributed by atoms with Gasteiger partial charge in [-0.15, -0.1) is 0 Å². The molecule has 1 amide bonds. The number of hydrogen-bond acceptors (Lipinski definition) is 4. The largest absolute Gasteiger partial charge is 0.507 e. The summed E-state index contributed by atoms with van der Waals surface area (Å²) in [6.07, 6.45) is 4.42. The first-order valence-electron chi connectivity index (χ1n) is 10.2. The predicted molar refractivity (Wildman–Crippen MR) is 126 cm³/mol. The van der Waals surface area contributed by atoms with Gasteiger partial charge in [0.2, 0.25) is 0 Å². The van der Waals surface area contributed by atoms with E-state index in [4.69, 9.17) is 0 Å². The average Bonchev–Trinajstić information content (AvgIpc) is 2.78. The molecule has 3 aromatic rings. The van der Waals surface area contributed by atoms with Crippen LogP contribution in [0.2, 0.25) is 0 Å². The molecule has 0 aliphatic rings. The van der Waals surface area contributed by atoms with Crippen LogP contribution in [0.5, 0.6) is 5.75 Å². The van der Waals surface area contributed by atoms with Gasteiger partial charge in [0.15, 0.2) is 5.78 Å². The van der Waals surface area contributed by atoms with E-state index >= 15 is 0 Å². The van der Waals surface area contributed by atoms with Crippen molar-refractivity contribution >= 4 is 29.1 Å². The highest BCUT2D eigenvalue weighted by molar-refractivity contribution is 6.08. The summed E-state index contributed by atoms with van der Waals surface area (Å²) in [5, 5.41) is 12.5. The standard InChI is InChI=1S/C26H26N2O3/c1-3-18-28(2)22-15-8-19(9-16-22)10-17-24(29)20-11-13-21(14-12-20)27-26(31)23-6-4-5-7-25(23)30/h4-17,30H,3,18H2,1-2H3,(H,27,31)/b17-10+. The third-order valence-corrected chi connectivity index (χ3v) is 4.90. The summed E-state index contributed by atoms with van der Waals surface area (Å²) in [4.78, 5) is 26.9. The van der Waals surface area contributed by atoms with Crippen LogP contribution in [0.1, 0.15) is 39.6 Å². The van der Waals surface area contributed by atoms with Crippen molar-refractivity contribution < 1.29 is 14.7 Å². The van der Waals surface area contributed by atoms with Gasteiger partial charge in [0, 0.05) is 30.5 Å². The van der Waals surface area contributed by atoms with Crippen molar-refractivity contribution in [2.75, 3.05) is 23.8 Å². The highest BCUT2D eigenvalue weighted by Crippen LogP contribution is 2.19. The molecule has 0 aromatic heterocycles. The molecule has 31 heavy (non-hydrogen) atoms. The van der Waals surface area contributed by atoms with Crippen molar-refractivity contribution in [1.29, 1.82) is 0 Å². The van der Waals surface area contributed by atoms with Crippen LogP contribution in [0.25, 0.3) is 6.08 Å². The van der Waals surface area contributed by atoms with Crippen molar-refractivity contribution in [3.63, 3.8) is 0 Å². The number of anilines is 2. The number of rotatable bonds is 8. The lowest BCUT2D eigenvalue weighted by molar-refractivity contribution is 0.102. The van der Waals surface area contributed by atoms with Crippen LogP contribution in [-0.4, -0.2) is 30.4 Å². The van der Waals surface area contributed by atoms with Crippen LogP contribution in [0.4, 0.5) is 11.4 Å². The number of carbonyl (C=O) groups excluding carboxylic acids is 2. The van der Waals surface area contributed by atoms with E-state index in [2.05, 4.69) is 24.2 Å². The minimum absolute atomic E-state index is 0.0815. The van der Waals surface area contributed by atoms with Gasteiger partial charge >= 0.3 is 0 Å². The molecule has 0 unspecified atom stereocenters. The fraction of sp³-hybridized carbons (Fsp3) is 0.154. The number of carbonyl (C=O) groups is 2. The van der Waals surface area contributed by atoms with E-state index in [1.165, 1.54) is 6.07 Å². The second kappa shape index (κ2) is 10.3. The highest BCUT2D eigenvalue weighted by Gasteiger charge is 2.10. The number of amides is 1. The Hall–Kier alpha value is -3.86. The molecule has 0 bridgehead atoms. The summed E-state index contributed by atoms with van der Waals surface area (Å²) in [5.74, 6) is -0.613. The molecule has 0 saturated carbocycles. The second-order valence-corrected chi connectivity index (χ2v) is 7.26.